The van der Waals surface area contributed by atoms with E-state index in [-0.39, 0.29) is 24.0 Å². The van der Waals surface area contributed by atoms with Crippen molar-refractivity contribution in [3.05, 3.63) is 131 Å². The lowest BCUT2D eigenvalue weighted by Gasteiger charge is -2.22. The molecule has 0 aromatic heterocycles. The van der Waals surface area contributed by atoms with Crippen LogP contribution >= 0.6 is 8.25 Å². The molecule has 4 atom stereocenters. The van der Waals surface area contributed by atoms with Crippen molar-refractivity contribution in [2.75, 3.05) is 0 Å². The summed E-state index contributed by atoms with van der Waals surface area (Å²) >= 11 is 0. The van der Waals surface area contributed by atoms with Crippen LogP contribution in [0, 0.1) is 11.8 Å². The molecule has 0 aliphatic heterocycles. The summed E-state index contributed by atoms with van der Waals surface area (Å²) in [6.07, 6.45) is 4.08. The molecule has 0 heterocycles. The van der Waals surface area contributed by atoms with Gasteiger partial charge in [0, 0.05) is 16.4 Å². The lowest BCUT2D eigenvalue weighted by molar-refractivity contribution is 0.110. The average molecular weight is 610 g/mol. The molecule has 44 heavy (non-hydrogen) atoms. The zero-order valence-electron chi connectivity index (χ0n) is 25.6. The van der Waals surface area contributed by atoms with Gasteiger partial charge in [0.15, 0.2) is 0 Å². The van der Waals surface area contributed by atoms with Crippen LogP contribution in [0.3, 0.4) is 0 Å². The van der Waals surface area contributed by atoms with Crippen LogP contribution in [0.15, 0.2) is 109 Å². The quantitative estimate of drug-likeness (QED) is 0.118. The Hall–Kier alpha value is -3.50. The summed E-state index contributed by atoms with van der Waals surface area (Å²) in [5.41, 5.74) is 4.58. The zero-order valence-corrected chi connectivity index (χ0v) is 26.5. The van der Waals surface area contributed by atoms with Crippen molar-refractivity contribution in [3.8, 4) is 11.5 Å². The van der Waals surface area contributed by atoms with Gasteiger partial charge in [-0.05, 0) is 97.9 Å². The molecule has 0 radical (unpaired) electrons. The molecule has 0 spiro atoms. The Bertz CT molecular complexity index is 1390. The van der Waals surface area contributed by atoms with E-state index in [0.717, 1.165) is 59.4 Å². The summed E-state index contributed by atoms with van der Waals surface area (Å²) in [6, 6.07) is 36.9. The van der Waals surface area contributed by atoms with Crippen LogP contribution in [-0.2, 0) is 26.8 Å². The smallest absolute Gasteiger partial charge is 0.489 e. The molecule has 5 nitrogen and oxygen atoms in total. The van der Waals surface area contributed by atoms with Crippen molar-refractivity contribution >= 4 is 8.25 Å². The van der Waals surface area contributed by atoms with E-state index in [4.69, 9.17) is 18.5 Å². The molecule has 4 aromatic rings. The molecule has 4 unspecified atom stereocenters. The molecule has 2 aliphatic rings. The van der Waals surface area contributed by atoms with Gasteiger partial charge in [-0.3, -0.25) is 0 Å². The lowest BCUT2D eigenvalue weighted by Crippen LogP contribution is -2.21. The average Bonchev–Trinajstić information content (AvgIpc) is 3.98. The largest absolute Gasteiger partial charge is 0.697 e. The second-order valence-corrected chi connectivity index (χ2v) is 13.1. The standard InChI is InChI=1S/C38H42O5P/c1-27(37(31-19-20-31)33-15-9-17-35(23-33)40-25-29-11-5-3-6-12-29)42-44(39)43-28(2)38(32-21-22-32)34-16-10-18-36(24-34)41-26-30-13-7-4-8-14-30/h3-18,23-24,27-28,31-32,37-38H,19-22,25-26H2,1-2H3/q+1. The summed E-state index contributed by atoms with van der Waals surface area (Å²) in [4.78, 5) is 0. The van der Waals surface area contributed by atoms with E-state index in [2.05, 4.69) is 48.5 Å². The van der Waals surface area contributed by atoms with Gasteiger partial charge < -0.3 is 9.47 Å². The third kappa shape index (κ3) is 8.35. The van der Waals surface area contributed by atoms with Crippen LogP contribution < -0.4 is 9.47 Å². The first kappa shape index (κ1) is 30.5. The molecule has 6 heteroatoms. The highest BCUT2D eigenvalue weighted by molar-refractivity contribution is 7.33. The van der Waals surface area contributed by atoms with Crippen molar-refractivity contribution in [1.82, 2.24) is 0 Å². The Morgan fingerprint density at radius 3 is 1.39 bits per heavy atom. The topological polar surface area (TPSA) is 54.0 Å². The summed E-state index contributed by atoms with van der Waals surface area (Å²) in [5.74, 6) is 2.94. The lowest BCUT2D eigenvalue weighted by atomic mass is 9.89. The van der Waals surface area contributed by atoms with Gasteiger partial charge in [0.25, 0.3) is 0 Å². The minimum absolute atomic E-state index is 0.130. The van der Waals surface area contributed by atoms with Gasteiger partial charge in [0.05, 0.1) is 0 Å². The van der Waals surface area contributed by atoms with Crippen LogP contribution in [0.25, 0.3) is 0 Å². The third-order valence-electron chi connectivity index (χ3n) is 8.76. The maximum Gasteiger partial charge on any atom is 0.697 e. The number of benzene rings is 4. The molecule has 2 aliphatic carbocycles. The Kier molecular flexibility index (Phi) is 10.1. The Morgan fingerprint density at radius 2 is 1.00 bits per heavy atom. The van der Waals surface area contributed by atoms with Crippen molar-refractivity contribution in [1.29, 1.82) is 0 Å². The van der Waals surface area contributed by atoms with Crippen LogP contribution in [0.4, 0.5) is 0 Å². The van der Waals surface area contributed by atoms with E-state index in [9.17, 15) is 4.57 Å². The highest BCUT2D eigenvalue weighted by Gasteiger charge is 2.44. The fraction of sp³-hybridized carbons (Fsp3) is 0.368. The molecule has 0 N–H and O–H groups in total. The fourth-order valence-electron chi connectivity index (χ4n) is 6.30. The molecule has 0 bridgehead atoms. The van der Waals surface area contributed by atoms with E-state index < -0.39 is 8.25 Å². The van der Waals surface area contributed by atoms with Gasteiger partial charge >= 0.3 is 8.25 Å². The summed E-state index contributed by atoms with van der Waals surface area (Å²) < 4.78 is 37.8. The predicted molar refractivity (Wildman–Crippen MR) is 174 cm³/mol. The number of hydrogen-bond acceptors (Lipinski definition) is 5. The van der Waals surface area contributed by atoms with Gasteiger partial charge in [-0.1, -0.05) is 84.9 Å². The van der Waals surface area contributed by atoms with Crippen molar-refractivity contribution in [2.24, 2.45) is 11.8 Å². The second kappa shape index (κ2) is 14.5. The minimum Gasteiger partial charge on any atom is -0.489 e. The Labute approximate surface area is 262 Å². The predicted octanol–water partition coefficient (Wildman–Crippen LogP) is 10.00. The summed E-state index contributed by atoms with van der Waals surface area (Å²) in [5, 5.41) is 0. The van der Waals surface area contributed by atoms with Gasteiger partial charge in [-0.15, -0.1) is 9.05 Å². The fourth-order valence-corrected chi connectivity index (χ4v) is 7.15. The van der Waals surface area contributed by atoms with Gasteiger partial charge in [0.1, 0.15) is 36.9 Å². The monoisotopic (exact) mass is 609 g/mol. The van der Waals surface area contributed by atoms with Crippen molar-refractivity contribution in [2.45, 2.75) is 76.8 Å². The minimum atomic E-state index is -2.30. The molecular formula is C38H42O5P+. The maximum absolute atomic E-state index is 13.3. The molecule has 228 valence electrons. The summed E-state index contributed by atoms with van der Waals surface area (Å²) in [7, 11) is -2.30. The SMILES string of the molecule is CC(O[P+](=O)OC(C)C(c1cccc(OCc2ccccc2)c1)C1CC1)C(c1cccc(OCc2ccccc2)c1)C1CC1. The van der Waals surface area contributed by atoms with E-state index in [1.54, 1.807) is 0 Å². The summed E-state index contributed by atoms with van der Waals surface area (Å²) in [6.45, 7) is 5.08. The molecule has 0 saturated heterocycles. The molecule has 4 aromatic carbocycles. The number of rotatable bonds is 16. The van der Waals surface area contributed by atoms with E-state index in [1.807, 2.05) is 74.5 Å². The van der Waals surface area contributed by atoms with Gasteiger partial charge in [0.2, 0.25) is 0 Å². The van der Waals surface area contributed by atoms with E-state index >= 15 is 0 Å². The van der Waals surface area contributed by atoms with Crippen molar-refractivity contribution in [3.63, 3.8) is 0 Å². The third-order valence-corrected chi connectivity index (χ3v) is 9.77. The van der Waals surface area contributed by atoms with Crippen molar-refractivity contribution < 1.29 is 23.1 Å². The van der Waals surface area contributed by atoms with Crippen LogP contribution in [0.1, 0.15) is 73.6 Å². The first-order chi connectivity index (χ1) is 21.5. The van der Waals surface area contributed by atoms with Gasteiger partial charge in [-0.25, -0.2) is 0 Å². The van der Waals surface area contributed by atoms with Crippen LogP contribution in [0.2, 0.25) is 0 Å². The van der Waals surface area contributed by atoms with E-state index in [1.165, 1.54) is 0 Å². The second-order valence-electron chi connectivity index (χ2n) is 12.3. The molecular weight excluding hydrogens is 567 g/mol. The molecule has 0 amide bonds. The zero-order chi connectivity index (χ0) is 30.3. The number of hydrogen-bond donors (Lipinski definition) is 0. The Morgan fingerprint density at radius 1 is 0.591 bits per heavy atom. The van der Waals surface area contributed by atoms with E-state index in [0.29, 0.717) is 25.0 Å². The first-order valence-corrected chi connectivity index (χ1v) is 17.0. The molecule has 2 fully saturated rings. The van der Waals surface area contributed by atoms with Crippen LogP contribution in [-0.4, -0.2) is 12.2 Å². The maximum atomic E-state index is 13.3. The Balaban J connectivity index is 1.07. The number of ether oxygens (including phenoxy) is 2. The van der Waals surface area contributed by atoms with Gasteiger partial charge in [-0.2, -0.15) is 0 Å². The normalized spacial score (nSPS) is 17.7. The highest BCUT2D eigenvalue weighted by atomic mass is 31.1. The molecule has 6 rings (SSSR count). The highest BCUT2D eigenvalue weighted by Crippen LogP contribution is 2.50. The molecule has 2 saturated carbocycles. The first-order valence-electron chi connectivity index (χ1n) is 15.9. The van der Waals surface area contributed by atoms with Crippen LogP contribution in [0.5, 0.6) is 11.5 Å².